The molecule has 0 bridgehead atoms. The van der Waals surface area contributed by atoms with Crippen LogP contribution >= 0.6 is 0 Å². The average molecular weight is 383 g/mol. The molecule has 2 rings (SSSR count). The molecule has 1 heterocycles. The lowest BCUT2D eigenvalue weighted by Gasteiger charge is -2.31. The fourth-order valence-electron chi connectivity index (χ4n) is 3.09. The number of hydrogen-bond donors (Lipinski definition) is 1. The van der Waals surface area contributed by atoms with Gasteiger partial charge in [0.1, 0.15) is 0 Å². The number of nitrogens with zero attached hydrogens (tertiary/aromatic N) is 1. The summed E-state index contributed by atoms with van der Waals surface area (Å²) in [7, 11) is -3.43. The second-order valence-electron chi connectivity index (χ2n) is 6.77. The van der Waals surface area contributed by atoms with E-state index >= 15 is 0 Å². The Kier molecular flexibility index (Phi) is 8.06. The van der Waals surface area contributed by atoms with Crippen LogP contribution in [-0.4, -0.2) is 51.5 Å². The van der Waals surface area contributed by atoms with E-state index in [0.717, 1.165) is 24.8 Å². The third-order valence-corrected chi connectivity index (χ3v) is 6.61. The molecule has 26 heavy (non-hydrogen) atoms. The fourth-order valence-corrected chi connectivity index (χ4v) is 4.56. The van der Waals surface area contributed by atoms with E-state index in [1.807, 2.05) is 26.0 Å². The van der Waals surface area contributed by atoms with Gasteiger partial charge in [0.15, 0.2) is 0 Å². The molecule has 0 unspecified atom stereocenters. The first-order chi connectivity index (χ1) is 12.4. The lowest BCUT2D eigenvalue weighted by atomic mass is 9.94. The first kappa shape index (κ1) is 20.9. The maximum absolute atomic E-state index is 12.7. The molecule has 6 nitrogen and oxygen atoms in total. The van der Waals surface area contributed by atoms with E-state index in [9.17, 15) is 13.2 Å². The molecule has 146 valence electrons. The number of carbonyl (C=O) groups excluding carboxylic acids is 1. The number of hydrogen-bond acceptors (Lipinski definition) is 4. The Labute approximate surface area is 157 Å². The zero-order valence-electron chi connectivity index (χ0n) is 15.7. The molecule has 1 fully saturated rings. The largest absolute Gasteiger partial charge is 0.382 e. The second kappa shape index (κ2) is 10.0. The quantitative estimate of drug-likeness (QED) is 0.665. The number of sulfonamides is 1. The number of ether oxygens (including phenoxy) is 1. The molecule has 1 aliphatic rings. The number of nitrogens with one attached hydrogen (secondary N) is 1. The van der Waals surface area contributed by atoms with Gasteiger partial charge in [-0.1, -0.05) is 17.7 Å². The second-order valence-corrected chi connectivity index (χ2v) is 8.70. The average Bonchev–Trinajstić information content (AvgIpc) is 2.62. The minimum atomic E-state index is -3.43. The molecule has 1 aliphatic heterocycles. The van der Waals surface area contributed by atoms with Gasteiger partial charge in [0.2, 0.25) is 15.9 Å². The summed E-state index contributed by atoms with van der Waals surface area (Å²) in [6.45, 7) is 6.80. The van der Waals surface area contributed by atoms with Gasteiger partial charge in [-0.05, 0) is 51.2 Å². The molecule has 1 aromatic rings. The van der Waals surface area contributed by atoms with E-state index in [2.05, 4.69) is 5.32 Å². The van der Waals surface area contributed by atoms with Crippen molar-refractivity contribution < 1.29 is 17.9 Å². The van der Waals surface area contributed by atoms with Crippen molar-refractivity contribution in [1.82, 2.24) is 9.62 Å². The van der Waals surface area contributed by atoms with E-state index in [1.54, 1.807) is 12.1 Å². The molecular formula is C19H30N2O4S. The normalized spacial score (nSPS) is 16.5. The molecule has 1 amide bonds. The van der Waals surface area contributed by atoms with Gasteiger partial charge in [-0.2, -0.15) is 4.31 Å². The first-order valence-electron chi connectivity index (χ1n) is 9.34. The minimum absolute atomic E-state index is 0.0429. The van der Waals surface area contributed by atoms with Gasteiger partial charge in [-0.15, -0.1) is 0 Å². The van der Waals surface area contributed by atoms with Crippen LogP contribution < -0.4 is 5.32 Å². The van der Waals surface area contributed by atoms with Gasteiger partial charge in [0.25, 0.3) is 0 Å². The van der Waals surface area contributed by atoms with Crippen LogP contribution in [0.25, 0.3) is 0 Å². The van der Waals surface area contributed by atoms with Crippen molar-refractivity contribution >= 4 is 15.9 Å². The van der Waals surface area contributed by atoms with Gasteiger partial charge in [0.05, 0.1) is 4.90 Å². The Hall–Kier alpha value is -1.44. The Morgan fingerprint density at radius 3 is 2.50 bits per heavy atom. The van der Waals surface area contributed by atoms with Gasteiger partial charge < -0.3 is 10.1 Å². The lowest BCUT2D eigenvalue weighted by Crippen LogP contribution is -2.39. The summed E-state index contributed by atoms with van der Waals surface area (Å²) >= 11 is 0. The third kappa shape index (κ3) is 6.07. The minimum Gasteiger partial charge on any atom is -0.382 e. The number of piperidine rings is 1. The lowest BCUT2D eigenvalue weighted by molar-refractivity contribution is -0.122. The third-order valence-electron chi connectivity index (χ3n) is 4.70. The highest BCUT2D eigenvalue weighted by Crippen LogP contribution is 2.25. The van der Waals surface area contributed by atoms with Crippen molar-refractivity contribution in [2.45, 2.75) is 44.4 Å². The zero-order chi connectivity index (χ0) is 19.0. The summed E-state index contributed by atoms with van der Waals surface area (Å²) in [6, 6.07) is 6.95. The maximum atomic E-state index is 12.7. The van der Waals surface area contributed by atoms with Gasteiger partial charge >= 0.3 is 0 Å². The number of benzene rings is 1. The zero-order valence-corrected chi connectivity index (χ0v) is 16.6. The Morgan fingerprint density at radius 2 is 1.88 bits per heavy atom. The van der Waals surface area contributed by atoms with Crippen molar-refractivity contribution in [2.75, 3.05) is 32.8 Å². The maximum Gasteiger partial charge on any atom is 0.243 e. The van der Waals surface area contributed by atoms with E-state index in [4.69, 9.17) is 4.74 Å². The van der Waals surface area contributed by atoms with Crippen molar-refractivity contribution in [3.8, 4) is 0 Å². The molecule has 7 heteroatoms. The highest BCUT2D eigenvalue weighted by Gasteiger charge is 2.30. The van der Waals surface area contributed by atoms with Crippen LogP contribution in [-0.2, 0) is 19.6 Å². The molecule has 1 aromatic carbocycles. The molecular weight excluding hydrogens is 352 g/mol. The molecule has 0 spiro atoms. The number of carbonyl (C=O) groups is 1. The Balaban J connectivity index is 1.76. The summed E-state index contributed by atoms with van der Waals surface area (Å²) in [5.74, 6) is 0.285. The fraction of sp³-hybridized carbons (Fsp3) is 0.632. The highest BCUT2D eigenvalue weighted by molar-refractivity contribution is 7.89. The van der Waals surface area contributed by atoms with Crippen LogP contribution in [0.3, 0.4) is 0 Å². The van der Waals surface area contributed by atoms with Gasteiger partial charge in [-0.3, -0.25) is 4.79 Å². The standard InChI is InChI=1S/C19H30N2O4S/c1-3-25-14-4-11-20-19(22)15-17-9-12-21(13-10-17)26(23,24)18-7-5-16(2)6-8-18/h5-8,17H,3-4,9-15H2,1-2H3,(H,20,22). The summed E-state index contributed by atoms with van der Waals surface area (Å²) in [4.78, 5) is 12.3. The number of aryl methyl sites for hydroxylation is 1. The Morgan fingerprint density at radius 1 is 1.23 bits per heavy atom. The van der Waals surface area contributed by atoms with Crippen LogP contribution in [0.15, 0.2) is 29.2 Å². The van der Waals surface area contributed by atoms with Crippen LogP contribution in [0.4, 0.5) is 0 Å². The molecule has 0 aromatic heterocycles. The topological polar surface area (TPSA) is 75.7 Å². The highest BCUT2D eigenvalue weighted by atomic mass is 32.2. The molecule has 0 atom stereocenters. The predicted molar refractivity (Wildman–Crippen MR) is 101 cm³/mol. The number of rotatable bonds is 9. The monoisotopic (exact) mass is 382 g/mol. The molecule has 1 saturated heterocycles. The van der Waals surface area contributed by atoms with Crippen molar-refractivity contribution in [3.05, 3.63) is 29.8 Å². The van der Waals surface area contributed by atoms with E-state index < -0.39 is 10.0 Å². The van der Waals surface area contributed by atoms with E-state index in [-0.39, 0.29) is 11.8 Å². The number of amides is 1. The summed E-state index contributed by atoms with van der Waals surface area (Å²) in [5, 5.41) is 2.91. The van der Waals surface area contributed by atoms with Gasteiger partial charge in [-0.25, -0.2) is 8.42 Å². The van der Waals surface area contributed by atoms with Crippen molar-refractivity contribution in [1.29, 1.82) is 0 Å². The van der Waals surface area contributed by atoms with E-state index in [0.29, 0.717) is 44.2 Å². The molecule has 0 radical (unpaired) electrons. The van der Waals surface area contributed by atoms with Crippen LogP contribution in [0.2, 0.25) is 0 Å². The molecule has 0 aliphatic carbocycles. The first-order valence-corrected chi connectivity index (χ1v) is 10.8. The summed E-state index contributed by atoms with van der Waals surface area (Å²) in [5.41, 5.74) is 1.04. The van der Waals surface area contributed by atoms with Gasteiger partial charge in [0, 0.05) is 39.3 Å². The Bertz CT molecular complexity index is 665. The smallest absolute Gasteiger partial charge is 0.243 e. The molecule has 0 saturated carbocycles. The SMILES string of the molecule is CCOCCCNC(=O)CC1CCN(S(=O)(=O)c2ccc(C)cc2)CC1. The molecule has 1 N–H and O–H groups in total. The summed E-state index contributed by atoms with van der Waals surface area (Å²) in [6.07, 6.45) is 2.72. The van der Waals surface area contributed by atoms with Crippen molar-refractivity contribution in [3.63, 3.8) is 0 Å². The van der Waals surface area contributed by atoms with Crippen LogP contribution in [0, 0.1) is 12.8 Å². The summed E-state index contributed by atoms with van der Waals surface area (Å²) < 4.78 is 32.2. The predicted octanol–water partition coefficient (Wildman–Crippen LogP) is 2.33. The van der Waals surface area contributed by atoms with Crippen LogP contribution in [0.5, 0.6) is 0 Å². The van der Waals surface area contributed by atoms with E-state index in [1.165, 1.54) is 4.31 Å². The van der Waals surface area contributed by atoms with Crippen molar-refractivity contribution in [2.24, 2.45) is 5.92 Å². The van der Waals surface area contributed by atoms with Crippen LogP contribution in [0.1, 0.15) is 38.2 Å².